The van der Waals surface area contributed by atoms with Crippen molar-refractivity contribution in [1.29, 1.82) is 0 Å². The molecule has 0 bridgehead atoms. The molecule has 0 heterocycles. The lowest BCUT2D eigenvalue weighted by Crippen LogP contribution is -2.00. The third kappa shape index (κ3) is 5.34. The molecule has 0 spiro atoms. The highest BCUT2D eigenvalue weighted by Crippen LogP contribution is 1.99. The zero-order valence-corrected chi connectivity index (χ0v) is 6.13. The largest absolute Gasteiger partial charge is 0.396 e. The first-order valence-electron chi connectivity index (χ1n) is 3.24. The Morgan fingerprint density at radius 1 is 1.78 bits per heavy atom. The van der Waals surface area contributed by atoms with Crippen molar-refractivity contribution in [3.8, 4) is 0 Å². The quantitative estimate of drug-likeness (QED) is 0.418. The van der Waals surface area contributed by atoms with E-state index in [0.717, 1.165) is 6.42 Å². The van der Waals surface area contributed by atoms with Crippen molar-refractivity contribution >= 4 is 6.21 Å². The fourth-order valence-electron chi connectivity index (χ4n) is 0.341. The highest BCUT2D eigenvalue weighted by molar-refractivity contribution is 5.60. The van der Waals surface area contributed by atoms with Crippen LogP contribution in [0.1, 0.15) is 20.3 Å². The maximum atomic E-state index is 4.84. The predicted molar refractivity (Wildman–Crippen MR) is 39.3 cm³/mol. The maximum Gasteiger partial charge on any atom is 0.119 e. The van der Waals surface area contributed by atoms with E-state index in [9.17, 15) is 0 Å². The zero-order valence-electron chi connectivity index (χ0n) is 6.13. The van der Waals surface area contributed by atoms with Crippen LogP contribution in [0.25, 0.3) is 0 Å². The minimum Gasteiger partial charge on any atom is -0.396 e. The van der Waals surface area contributed by atoms with Crippen molar-refractivity contribution in [3.05, 3.63) is 6.92 Å². The van der Waals surface area contributed by atoms with Crippen LogP contribution in [-0.4, -0.2) is 12.8 Å². The number of oxime groups is 1. The van der Waals surface area contributed by atoms with Crippen molar-refractivity contribution in [2.24, 2.45) is 11.1 Å². The van der Waals surface area contributed by atoms with E-state index in [1.165, 1.54) is 6.21 Å². The summed E-state index contributed by atoms with van der Waals surface area (Å²) in [5.74, 6) is 0.591. The van der Waals surface area contributed by atoms with E-state index in [0.29, 0.717) is 12.5 Å². The summed E-state index contributed by atoms with van der Waals surface area (Å²) in [6.07, 6.45) is 2.54. The monoisotopic (exact) mass is 128 g/mol. The summed E-state index contributed by atoms with van der Waals surface area (Å²) >= 11 is 0. The zero-order chi connectivity index (χ0) is 7.11. The van der Waals surface area contributed by atoms with E-state index in [1.54, 1.807) is 0 Å². The lowest BCUT2D eigenvalue weighted by atomic mass is 10.1. The van der Waals surface area contributed by atoms with Gasteiger partial charge in [0.25, 0.3) is 0 Å². The fraction of sp³-hybridized carbons (Fsp3) is 0.714. The highest BCUT2D eigenvalue weighted by Gasteiger charge is 1.95. The second-order valence-electron chi connectivity index (χ2n) is 2.10. The highest BCUT2D eigenvalue weighted by atomic mass is 16.6. The van der Waals surface area contributed by atoms with Gasteiger partial charge in [0.05, 0.1) is 0 Å². The van der Waals surface area contributed by atoms with Crippen molar-refractivity contribution in [2.75, 3.05) is 6.61 Å². The third-order valence-corrected chi connectivity index (χ3v) is 1.21. The van der Waals surface area contributed by atoms with E-state index in [-0.39, 0.29) is 0 Å². The first-order valence-corrected chi connectivity index (χ1v) is 3.24. The Kier molecular flexibility index (Phi) is 5.27. The first-order chi connectivity index (χ1) is 4.31. The standard InChI is InChI=1S/C7H14NO/c1-4-7(3)6-9-8-5-2/h5,7H,2,4,6H2,1,3H3. The van der Waals surface area contributed by atoms with E-state index in [1.807, 2.05) is 0 Å². The average molecular weight is 128 g/mol. The molecule has 0 saturated carbocycles. The van der Waals surface area contributed by atoms with Crippen LogP contribution in [0.15, 0.2) is 5.16 Å². The fourth-order valence-corrected chi connectivity index (χ4v) is 0.341. The van der Waals surface area contributed by atoms with E-state index in [4.69, 9.17) is 4.84 Å². The van der Waals surface area contributed by atoms with Gasteiger partial charge in [-0.15, -0.1) is 0 Å². The summed E-state index contributed by atoms with van der Waals surface area (Å²) in [5, 5.41) is 3.52. The first kappa shape index (κ1) is 8.47. The molecule has 1 atom stereocenters. The maximum absolute atomic E-state index is 4.84. The van der Waals surface area contributed by atoms with Gasteiger partial charge in [0.1, 0.15) is 6.61 Å². The van der Waals surface area contributed by atoms with Gasteiger partial charge >= 0.3 is 0 Å². The summed E-state index contributed by atoms with van der Waals surface area (Å²) in [7, 11) is 0. The van der Waals surface area contributed by atoms with Crippen molar-refractivity contribution in [1.82, 2.24) is 0 Å². The molecule has 0 saturated heterocycles. The number of rotatable bonds is 4. The van der Waals surface area contributed by atoms with Crippen LogP contribution in [0.3, 0.4) is 0 Å². The Morgan fingerprint density at radius 3 is 2.89 bits per heavy atom. The average Bonchev–Trinajstić information content (AvgIpc) is 1.89. The Morgan fingerprint density at radius 2 is 2.44 bits per heavy atom. The second-order valence-corrected chi connectivity index (χ2v) is 2.10. The molecule has 2 nitrogen and oxygen atoms in total. The van der Waals surface area contributed by atoms with Gasteiger partial charge < -0.3 is 4.84 Å². The van der Waals surface area contributed by atoms with Crippen LogP contribution < -0.4 is 0 Å². The van der Waals surface area contributed by atoms with Gasteiger partial charge in [0.15, 0.2) is 0 Å². The van der Waals surface area contributed by atoms with Crippen molar-refractivity contribution in [3.63, 3.8) is 0 Å². The minimum atomic E-state index is 0.591. The summed E-state index contributed by atoms with van der Waals surface area (Å²) in [4.78, 5) is 4.84. The SMILES string of the molecule is [CH2]C=NOCC(C)CC. The molecule has 0 N–H and O–H groups in total. The molecule has 2 heteroatoms. The molecule has 9 heavy (non-hydrogen) atoms. The summed E-state index contributed by atoms with van der Waals surface area (Å²) in [6.45, 7) is 8.34. The molecule has 0 aromatic heterocycles. The molecule has 0 fully saturated rings. The van der Waals surface area contributed by atoms with E-state index >= 15 is 0 Å². The van der Waals surface area contributed by atoms with Gasteiger partial charge in [-0.05, 0) is 12.8 Å². The van der Waals surface area contributed by atoms with E-state index in [2.05, 4.69) is 25.9 Å². The normalized spacial score (nSPS) is 14.1. The Hall–Kier alpha value is -0.530. The van der Waals surface area contributed by atoms with Gasteiger partial charge in [-0.2, -0.15) is 0 Å². The smallest absolute Gasteiger partial charge is 0.119 e. The summed E-state index contributed by atoms with van der Waals surface area (Å²) in [6, 6.07) is 0. The molecular weight excluding hydrogens is 114 g/mol. The lowest BCUT2D eigenvalue weighted by molar-refractivity contribution is 0.113. The number of hydrogen-bond donors (Lipinski definition) is 0. The van der Waals surface area contributed by atoms with Crippen LogP contribution in [0.2, 0.25) is 0 Å². The molecule has 53 valence electrons. The molecule has 1 radical (unpaired) electrons. The van der Waals surface area contributed by atoms with Gasteiger partial charge in [-0.25, -0.2) is 0 Å². The Bertz CT molecular complexity index is 81.0. The molecule has 0 aliphatic rings. The number of hydrogen-bond acceptors (Lipinski definition) is 2. The second kappa shape index (κ2) is 5.60. The van der Waals surface area contributed by atoms with Crippen LogP contribution in [0, 0.1) is 12.8 Å². The Balaban J connectivity index is 3.06. The van der Waals surface area contributed by atoms with Gasteiger partial charge in [0, 0.05) is 6.21 Å². The van der Waals surface area contributed by atoms with Crippen LogP contribution in [0.5, 0.6) is 0 Å². The van der Waals surface area contributed by atoms with Crippen LogP contribution in [0.4, 0.5) is 0 Å². The number of nitrogens with zero attached hydrogens (tertiary/aromatic N) is 1. The molecule has 0 aromatic carbocycles. The molecule has 1 unspecified atom stereocenters. The van der Waals surface area contributed by atoms with Gasteiger partial charge in [-0.3, -0.25) is 0 Å². The molecular formula is C7H14NO. The molecule has 0 aliphatic heterocycles. The van der Waals surface area contributed by atoms with Crippen LogP contribution >= 0.6 is 0 Å². The Labute approximate surface area is 56.9 Å². The van der Waals surface area contributed by atoms with Crippen LogP contribution in [-0.2, 0) is 4.84 Å². The topological polar surface area (TPSA) is 21.6 Å². The molecule has 0 amide bonds. The molecule has 0 rings (SSSR count). The van der Waals surface area contributed by atoms with Crippen molar-refractivity contribution < 1.29 is 4.84 Å². The van der Waals surface area contributed by atoms with Crippen molar-refractivity contribution in [2.45, 2.75) is 20.3 Å². The predicted octanol–water partition coefficient (Wildman–Crippen LogP) is 1.87. The van der Waals surface area contributed by atoms with E-state index < -0.39 is 0 Å². The molecule has 0 aromatic rings. The summed E-state index contributed by atoms with van der Waals surface area (Å²) < 4.78 is 0. The lowest BCUT2D eigenvalue weighted by Gasteiger charge is -2.04. The minimum absolute atomic E-state index is 0.591. The molecule has 0 aliphatic carbocycles. The summed E-state index contributed by atoms with van der Waals surface area (Å²) in [5.41, 5.74) is 0. The van der Waals surface area contributed by atoms with Gasteiger partial charge in [-0.1, -0.05) is 25.4 Å². The van der Waals surface area contributed by atoms with Gasteiger partial charge in [0.2, 0.25) is 0 Å². The third-order valence-electron chi connectivity index (χ3n) is 1.21.